The lowest BCUT2D eigenvalue weighted by molar-refractivity contribution is 0.122. The van der Waals surface area contributed by atoms with Crippen molar-refractivity contribution < 1.29 is 4.74 Å². The van der Waals surface area contributed by atoms with E-state index < -0.39 is 0 Å². The van der Waals surface area contributed by atoms with Gasteiger partial charge in [0.25, 0.3) is 0 Å². The molecule has 3 rings (SSSR count). The average Bonchev–Trinajstić information content (AvgIpc) is 2.81. The third-order valence-corrected chi connectivity index (χ3v) is 3.42. The van der Waals surface area contributed by atoms with E-state index in [1.807, 2.05) is 0 Å². The lowest BCUT2D eigenvalue weighted by atomic mass is 9.97. The van der Waals surface area contributed by atoms with Crippen molar-refractivity contribution >= 4 is 22.9 Å². The van der Waals surface area contributed by atoms with Crippen LogP contribution in [0.3, 0.4) is 0 Å². The summed E-state index contributed by atoms with van der Waals surface area (Å²) < 4.78 is 7.42. The molecule has 1 aliphatic rings. The highest BCUT2D eigenvalue weighted by Gasteiger charge is 2.20. The van der Waals surface area contributed by atoms with Crippen LogP contribution in [0.25, 0.3) is 11.2 Å². The van der Waals surface area contributed by atoms with Gasteiger partial charge in [-0.1, -0.05) is 20.8 Å². The van der Waals surface area contributed by atoms with Gasteiger partial charge in [0.05, 0.1) is 19.5 Å². The Bertz CT molecular complexity index is 639. The van der Waals surface area contributed by atoms with Gasteiger partial charge < -0.3 is 19.9 Å². The van der Waals surface area contributed by atoms with E-state index >= 15 is 0 Å². The number of hydrogen-bond acceptors (Lipinski definition) is 6. The molecule has 2 aromatic rings. The van der Waals surface area contributed by atoms with Crippen LogP contribution >= 0.6 is 0 Å². The molecule has 2 aromatic heterocycles. The molecule has 0 aromatic carbocycles. The normalized spacial score (nSPS) is 16.6. The van der Waals surface area contributed by atoms with E-state index in [2.05, 4.69) is 45.2 Å². The van der Waals surface area contributed by atoms with Crippen molar-refractivity contribution in [1.29, 1.82) is 0 Å². The van der Waals surface area contributed by atoms with E-state index in [1.54, 1.807) is 6.33 Å². The Labute approximate surface area is 124 Å². The van der Waals surface area contributed by atoms with E-state index in [0.29, 0.717) is 30.5 Å². The molecular weight excluding hydrogens is 268 g/mol. The van der Waals surface area contributed by atoms with Crippen LogP contribution in [-0.2, 0) is 11.3 Å². The fourth-order valence-electron chi connectivity index (χ4n) is 2.49. The van der Waals surface area contributed by atoms with Gasteiger partial charge in [-0.05, 0) is 5.41 Å². The molecule has 0 radical (unpaired) electrons. The van der Waals surface area contributed by atoms with Crippen LogP contribution in [0.15, 0.2) is 6.33 Å². The highest BCUT2D eigenvalue weighted by molar-refractivity contribution is 5.83. The summed E-state index contributed by atoms with van der Waals surface area (Å²) in [5.41, 5.74) is 7.68. The van der Waals surface area contributed by atoms with Crippen molar-refractivity contribution in [3.8, 4) is 0 Å². The van der Waals surface area contributed by atoms with E-state index in [-0.39, 0.29) is 5.41 Å². The maximum Gasteiger partial charge on any atom is 0.229 e. The number of hydrogen-bond donors (Lipinski definition) is 1. The first-order valence-electron chi connectivity index (χ1n) is 7.25. The third-order valence-electron chi connectivity index (χ3n) is 3.42. The zero-order valence-corrected chi connectivity index (χ0v) is 12.8. The highest BCUT2D eigenvalue weighted by Crippen LogP contribution is 2.24. The van der Waals surface area contributed by atoms with Crippen molar-refractivity contribution in [2.75, 3.05) is 36.9 Å². The van der Waals surface area contributed by atoms with Crippen molar-refractivity contribution in [1.82, 2.24) is 19.5 Å². The quantitative estimate of drug-likeness (QED) is 0.897. The molecule has 21 heavy (non-hydrogen) atoms. The molecule has 3 heterocycles. The maximum atomic E-state index is 6.06. The first kappa shape index (κ1) is 14.1. The summed E-state index contributed by atoms with van der Waals surface area (Å²) in [6.07, 6.45) is 1.80. The standard InChI is InChI=1S/C14H22N6O/c1-14(2,3)8-20-9-16-10-11(15)17-13(18-12(10)20)19-4-6-21-7-5-19/h9H,4-8H2,1-3H3,(H2,15,17,18). The van der Waals surface area contributed by atoms with Gasteiger partial charge in [0.1, 0.15) is 5.52 Å². The van der Waals surface area contributed by atoms with Gasteiger partial charge in [0.15, 0.2) is 11.5 Å². The van der Waals surface area contributed by atoms with Crippen LogP contribution in [0.2, 0.25) is 0 Å². The molecule has 2 N–H and O–H groups in total. The van der Waals surface area contributed by atoms with Crippen molar-refractivity contribution in [2.24, 2.45) is 5.41 Å². The molecule has 1 saturated heterocycles. The van der Waals surface area contributed by atoms with Crippen LogP contribution in [-0.4, -0.2) is 45.8 Å². The molecular formula is C14H22N6O. The largest absolute Gasteiger partial charge is 0.382 e. The van der Waals surface area contributed by atoms with Gasteiger partial charge in [-0.2, -0.15) is 9.97 Å². The Balaban J connectivity index is 2.01. The average molecular weight is 290 g/mol. The lowest BCUT2D eigenvalue weighted by Crippen LogP contribution is -2.37. The fourth-order valence-corrected chi connectivity index (χ4v) is 2.49. The topological polar surface area (TPSA) is 82.1 Å². The second kappa shape index (κ2) is 5.14. The first-order valence-corrected chi connectivity index (χ1v) is 7.25. The number of imidazole rings is 1. The lowest BCUT2D eigenvalue weighted by Gasteiger charge is -2.27. The predicted molar refractivity (Wildman–Crippen MR) is 82.2 cm³/mol. The van der Waals surface area contributed by atoms with Gasteiger partial charge >= 0.3 is 0 Å². The number of ether oxygens (including phenoxy) is 1. The Morgan fingerprint density at radius 2 is 1.95 bits per heavy atom. The van der Waals surface area contributed by atoms with Crippen LogP contribution in [0.5, 0.6) is 0 Å². The second-order valence-corrected chi connectivity index (χ2v) is 6.61. The molecule has 7 heteroatoms. The summed E-state index contributed by atoms with van der Waals surface area (Å²) in [6, 6.07) is 0. The highest BCUT2D eigenvalue weighted by atomic mass is 16.5. The summed E-state index contributed by atoms with van der Waals surface area (Å²) in [4.78, 5) is 15.5. The van der Waals surface area contributed by atoms with Crippen LogP contribution in [0.1, 0.15) is 20.8 Å². The molecule has 0 aliphatic carbocycles. The van der Waals surface area contributed by atoms with Gasteiger partial charge in [-0.3, -0.25) is 0 Å². The monoisotopic (exact) mass is 290 g/mol. The summed E-state index contributed by atoms with van der Waals surface area (Å²) in [5.74, 6) is 1.10. The Kier molecular flexibility index (Phi) is 3.44. The van der Waals surface area contributed by atoms with Gasteiger partial charge in [0.2, 0.25) is 5.95 Å². The van der Waals surface area contributed by atoms with Gasteiger partial charge in [0, 0.05) is 19.6 Å². The molecule has 0 amide bonds. The molecule has 114 valence electrons. The third kappa shape index (κ3) is 2.92. The number of nitrogens with zero attached hydrogens (tertiary/aromatic N) is 5. The Hall–Kier alpha value is -1.89. The van der Waals surface area contributed by atoms with Gasteiger partial charge in [-0.25, -0.2) is 4.98 Å². The Morgan fingerprint density at radius 3 is 2.62 bits per heavy atom. The number of rotatable bonds is 2. The minimum Gasteiger partial charge on any atom is -0.382 e. The van der Waals surface area contributed by atoms with Crippen LogP contribution in [0.4, 0.5) is 11.8 Å². The molecule has 7 nitrogen and oxygen atoms in total. The Morgan fingerprint density at radius 1 is 1.24 bits per heavy atom. The number of fused-ring (bicyclic) bond motifs is 1. The van der Waals surface area contributed by atoms with Crippen LogP contribution in [0, 0.1) is 5.41 Å². The number of nitrogen functional groups attached to an aromatic ring is 1. The van der Waals surface area contributed by atoms with Crippen LogP contribution < -0.4 is 10.6 Å². The fraction of sp³-hybridized carbons (Fsp3) is 0.643. The van der Waals surface area contributed by atoms with Crippen molar-refractivity contribution in [2.45, 2.75) is 27.3 Å². The molecule has 0 unspecified atom stereocenters. The van der Waals surface area contributed by atoms with Crippen molar-refractivity contribution in [3.63, 3.8) is 0 Å². The van der Waals surface area contributed by atoms with Gasteiger partial charge in [-0.15, -0.1) is 0 Å². The zero-order valence-electron chi connectivity index (χ0n) is 12.8. The maximum absolute atomic E-state index is 6.06. The van der Waals surface area contributed by atoms with E-state index in [4.69, 9.17) is 10.5 Å². The number of nitrogens with two attached hydrogens (primary N) is 1. The van der Waals surface area contributed by atoms with E-state index in [1.165, 1.54) is 0 Å². The number of aromatic nitrogens is 4. The number of morpholine rings is 1. The first-order chi connectivity index (χ1) is 9.94. The molecule has 0 bridgehead atoms. The molecule has 0 spiro atoms. The van der Waals surface area contributed by atoms with E-state index in [9.17, 15) is 0 Å². The SMILES string of the molecule is CC(C)(C)Cn1cnc2c(N)nc(N3CCOCC3)nc21. The summed E-state index contributed by atoms with van der Waals surface area (Å²) in [6.45, 7) is 10.4. The smallest absolute Gasteiger partial charge is 0.229 e. The minimum absolute atomic E-state index is 0.145. The summed E-state index contributed by atoms with van der Waals surface area (Å²) in [7, 11) is 0. The van der Waals surface area contributed by atoms with Crippen molar-refractivity contribution in [3.05, 3.63) is 6.33 Å². The minimum atomic E-state index is 0.145. The second-order valence-electron chi connectivity index (χ2n) is 6.61. The summed E-state index contributed by atoms with van der Waals surface area (Å²) >= 11 is 0. The van der Waals surface area contributed by atoms with E-state index in [0.717, 1.165) is 25.3 Å². The molecule has 1 aliphatic heterocycles. The molecule has 0 saturated carbocycles. The predicted octanol–water partition coefficient (Wildman–Crippen LogP) is 1.29. The summed E-state index contributed by atoms with van der Waals surface area (Å²) in [5, 5.41) is 0. The molecule has 1 fully saturated rings. The zero-order chi connectivity index (χ0) is 15.0. The molecule has 0 atom stereocenters. The number of anilines is 2.